The third-order valence-electron chi connectivity index (χ3n) is 5.84. The smallest absolute Gasteiger partial charge is 0.254 e. The maximum atomic E-state index is 13.2. The first kappa shape index (κ1) is 20.4. The Morgan fingerprint density at radius 2 is 1.67 bits per heavy atom. The lowest BCUT2D eigenvalue weighted by atomic mass is 10.1. The number of carbonyl (C=O) groups excluding carboxylic acids is 2. The molecule has 1 aliphatic heterocycles. The van der Waals surface area contributed by atoms with Gasteiger partial charge in [-0.15, -0.1) is 0 Å². The van der Waals surface area contributed by atoms with Gasteiger partial charge in [-0.05, 0) is 38.0 Å². The van der Waals surface area contributed by atoms with Gasteiger partial charge < -0.3 is 15.0 Å². The van der Waals surface area contributed by atoms with Crippen molar-refractivity contribution >= 4 is 11.8 Å². The molecule has 1 saturated heterocycles. The molecule has 6 heteroatoms. The molecule has 2 amide bonds. The zero-order chi connectivity index (χ0) is 20.9. The molecular weight excluding hydrogens is 378 g/mol. The minimum atomic E-state index is -0.158. The molecule has 6 nitrogen and oxygen atoms in total. The summed E-state index contributed by atoms with van der Waals surface area (Å²) in [7, 11) is 0. The summed E-state index contributed by atoms with van der Waals surface area (Å²) in [5, 5.41) is 3.07. The van der Waals surface area contributed by atoms with Gasteiger partial charge in [0, 0.05) is 43.3 Å². The largest absolute Gasteiger partial charge is 0.489 e. The van der Waals surface area contributed by atoms with E-state index in [0.717, 1.165) is 24.2 Å². The van der Waals surface area contributed by atoms with Crippen LogP contribution in [-0.4, -0.2) is 59.9 Å². The number of hydrogen-bond donors (Lipinski definition) is 1. The second kappa shape index (κ2) is 9.30. The fraction of sp³-hybridized carbons (Fsp3) is 0.417. The van der Waals surface area contributed by atoms with E-state index >= 15 is 0 Å². The van der Waals surface area contributed by atoms with E-state index in [2.05, 4.69) is 10.2 Å². The number of piperazine rings is 1. The fourth-order valence-corrected chi connectivity index (χ4v) is 3.73. The van der Waals surface area contributed by atoms with Crippen LogP contribution in [0, 0.1) is 0 Å². The first-order valence-electron chi connectivity index (χ1n) is 10.7. The third-order valence-corrected chi connectivity index (χ3v) is 5.84. The first-order valence-corrected chi connectivity index (χ1v) is 10.7. The molecule has 1 aliphatic carbocycles. The number of para-hydroxylation sites is 1. The van der Waals surface area contributed by atoms with Crippen molar-refractivity contribution in [1.29, 1.82) is 0 Å². The van der Waals surface area contributed by atoms with Gasteiger partial charge in [0.05, 0.1) is 6.04 Å². The molecule has 1 heterocycles. The molecule has 0 spiro atoms. The highest BCUT2D eigenvalue weighted by atomic mass is 16.5. The van der Waals surface area contributed by atoms with E-state index in [-0.39, 0.29) is 17.9 Å². The molecule has 30 heavy (non-hydrogen) atoms. The molecule has 1 atom stereocenters. The van der Waals surface area contributed by atoms with Crippen LogP contribution in [0.25, 0.3) is 0 Å². The van der Waals surface area contributed by atoms with Gasteiger partial charge in [-0.25, -0.2) is 0 Å². The number of benzene rings is 2. The summed E-state index contributed by atoms with van der Waals surface area (Å²) in [4.78, 5) is 29.5. The van der Waals surface area contributed by atoms with Crippen molar-refractivity contribution in [2.45, 2.75) is 38.5 Å². The zero-order valence-corrected chi connectivity index (χ0v) is 17.4. The summed E-state index contributed by atoms with van der Waals surface area (Å²) in [5.41, 5.74) is 1.56. The predicted octanol–water partition coefficient (Wildman–Crippen LogP) is 2.69. The Morgan fingerprint density at radius 1 is 1.00 bits per heavy atom. The molecule has 0 radical (unpaired) electrons. The standard InChI is InChI=1S/C24H29N3O3/c1-18(23(28)25-20-11-12-20)26-13-15-27(16-14-26)24(29)22-10-6-5-7-19(22)17-30-21-8-3-2-4-9-21/h2-10,18,20H,11-17H2,1H3,(H,25,28). The molecule has 2 aliphatic rings. The molecule has 4 rings (SSSR count). The Balaban J connectivity index is 1.34. The minimum Gasteiger partial charge on any atom is -0.489 e. The van der Waals surface area contributed by atoms with Crippen molar-refractivity contribution in [2.75, 3.05) is 26.2 Å². The average molecular weight is 408 g/mol. The molecule has 1 N–H and O–H groups in total. The molecule has 1 saturated carbocycles. The molecule has 0 aromatic heterocycles. The monoisotopic (exact) mass is 407 g/mol. The molecular formula is C24H29N3O3. The van der Waals surface area contributed by atoms with Crippen LogP contribution in [0.3, 0.4) is 0 Å². The average Bonchev–Trinajstić information content (AvgIpc) is 3.61. The summed E-state index contributed by atoms with van der Waals surface area (Å²) in [6.07, 6.45) is 2.18. The normalized spacial score (nSPS) is 18.0. The molecule has 2 fully saturated rings. The van der Waals surface area contributed by atoms with Crippen LogP contribution in [-0.2, 0) is 11.4 Å². The summed E-state index contributed by atoms with van der Waals surface area (Å²) in [6.45, 7) is 4.94. The van der Waals surface area contributed by atoms with Crippen molar-refractivity contribution in [1.82, 2.24) is 15.1 Å². The molecule has 2 aromatic carbocycles. The summed E-state index contributed by atoms with van der Waals surface area (Å²) >= 11 is 0. The van der Waals surface area contributed by atoms with Gasteiger partial charge in [0.1, 0.15) is 12.4 Å². The van der Waals surface area contributed by atoms with Crippen molar-refractivity contribution in [3.8, 4) is 5.75 Å². The van der Waals surface area contributed by atoms with Gasteiger partial charge in [0.15, 0.2) is 0 Å². The third kappa shape index (κ3) is 5.00. The van der Waals surface area contributed by atoms with Gasteiger partial charge >= 0.3 is 0 Å². The highest BCUT2D eigenvalue weighted by molar-refractivity contribution is 5.95. The number of rotatable bonds is 7. The van der Waals surface area contributed by atoms with E-state index in [0.29, 0.717) is 44.4 Å². The number of amides is 2. The Labute approximate surface area is 177 Å². The highest BCUT2D eigenvalue weighted by Gasteiger charge is 2.31. The number of nitrogens with zero attached hydrogens (tertiary/aromatic N) is 2. The SMILES string of the molecule is CC(C(=O)NC1CC1)N1CCN(C(=O)c2ccccc2COc2ccccc2)CC1. The van der Waals surface area contributed by atoms with E-state index in [4.69, 9.17) is 4.74 Å². The van der Waals surface area contributed by atoms with Crippen molar-refractivity contribution in [3.63, 3.8) is 0 Å². The van der Waals surface area contributed by atoms with Crippen LogP contribution in [0.5, 0.6) is 5.75 Å². The number of carbonyl (C=O) groups is 2. The van der Waals surface area contributed by atoms with Crippen LogP contribution in [0.4, 0.5) is 0 Å². The van der Waals surface area contributed by atoms with Gasteiger partial charge in [0.25, 0.3) is 5.91 Å². The number of hydrogen-bond acceptors (Lipinski definition) is 4. The maximum Gasteiger partial charge on any atom is 0.254 e. The first-order chi connectivity index (χ1) is 14.6. The molecule has 2 aromatic rings. The van der Waals surface area contributed by atoms with Crippen LogP contribution in [0.2, 0.25) is 0 Å². The maximum absolute atomic E-state index is 13.2. The summed E-state index contributed by atoms with van der Waals surface area (Å²) in [6, 6.07) is 17.5. The molecule has 0 bridgehead atoms. The summed E-state index contributed by atoms with van der Waals surface area (Å²) in [5.74, 6) is 0.907. The lowest BCUT2D eigenvalue weighted by Gasteiger charge is -2.37. The number of ether oxygens (including phenoxy) is 1. The van der Waals surface area contributed by atoms with Crippen molar-refractivity contribution < 1.29 is 14.3 Å². The van der Waals surface area contributed by atoms with Crippen LogP contribution in [0.1, 0.15) is 35.7 Å². The van der Waals surface area contributed by atoms with Gasteiger partial charge in [-0.3, -0.25) is 14.5 Å². The Kier molecular flexibility index (Phi) is 6.33. The van der Waals surface area contributed by atoms with E-state index in [1.54, 1.807) is 0 Å². The number of nitrogens with one attached hydrogen (secondary N) is 1. The second-order valence-electron chi connectivity index (χ2n) is 8.05. The quantitative estimate of drug-likeness (QED) is 0.767. The second-order valence-corrected chi connectivity index (χ2v) is 8.05. The minimum absolute atomic E-state index is 0.0250. The lowest BCUT2D eigenvalue weighted by Crippen LogP contribution is -2.55. The Bertz CT molecular complexity index is 874. The lowest BCUT2D eigenvalue weighted by molar-refractivity contribution is -0.126. The van der Waals surface area contributed by atoms with Crippen LogP contribution in [0.15, 0.2) is 54.6 Å². The van der Waals surface area contributed by atoms with Gasteiger partial charge in [0.2, 0.25) is 5.91 Å². The van der Waals surface area contributed by atoms with Gasteiger partial charge in [-0.2, -0.15) is 0 Å². The van der Waals surface area contributed by atoms with E-state index in [9.17, 15) is 9.59 Å². The van der Waals surface area contributed by atoms with Crippen molar-refractivity contribution in [2.24, 2.45) is 0 Å². The van der Waals surface area contributed by atoms with Crippen LogP contribution < -0.4 is 10.1 Å². The predicted molar refractivity (Wildman–Crippen MR) is 115 cm³/mol. The topological polar surface area (TPSA) is 61.9 Å². The fourth-order valence-electron chi connectivity index (χ4n) is 3.73. The summed E-state index contributed by atoms with van der Waals surface area (Å²) < 4.78 is 5.86. The van der Waals surface area contributed by atoms with Crippen LogP contribution >= 0.6 is 0 Å². The van der Waals surface area contributed by atoms with E-state index < -0.39 is 0 Å². The highest BCUT2D eigenvalue weighted by Crippen LogP contribution is 2.20. The molecule has 158 valence electrons. The van der Waals surface area contributed by atoms with Gasteiger partial charge in [-0.1, -0.05) is 36.4 Å². The van der Waals surface area contributed by atoms with E-state index in [1.807, 2.05) is 66.4 Å². The Hall–Kier alpha value is -2.86. The zero-order valence-electron chi connectivity index (χ0n) is 17.4. The van der Waals surface area contributed by atoms with E-state index in [1.165, 1.54) is 0 Å². The Morgan fingerprint density at radius 3 is 2.37 bits per heavy atom. The molecule has 1 unspecified atom stereocenters. The van der Waals surface area contributed by atoms with Crippen molar-refractivity contribution in [3.05, 3.63) is 65.7 Å².